The van der Waals surface area contributed by atoms with Crippen molar-refractivity contribution in [1.29, 1.82) is 0 Å². The maximum Gasteiger partial charge on any atom is 0.245 e. The molecule has 1 aromatic heterocycles. The monoisotopic (exact) mass is 465 g/mol. The Morgan fingerprint density at radius 1 is 1.19 bits per heavy atom. The van der Waals surface area contributed by atoms with Crippen molar-refractivity contribution < 1.29 is 13.2 Å². The molecule has 1 N–H and O–H groups in total. The molecule has 0 saturated carbocycles. The van der Waals surface area contributed by atoms with Crippen molar-refractivity contribution in [3.8, 4) is 0 Å². The zero-order valence-corrected chi connectivity index (χ0v) is 19.6. The molecule has 2 aromatic rings. The maximum absolute atomic E-state index is 13.3. The number of nitrogens with one attached hydrogen (secondary N) is 1. The zero-order valence-electron chi connectivity index (χ0n) is 18.0. The lowest BCUT2D eigenvalue weighted by molar-refractivity contribution is -0.126. The number of likely N-dealkylation sites (tertiary alicyclic amines) is 1. The van der Waals surface area contributed by atoms with Gasteiger partial charge in [0.05, 0.1) is 17.6 Å². The van der Waals surface area contributed by atoms with Gasteiger partial charge < -0.3 is 5.32 Å². The fourth-order valence-electron chi connectivity index (χ4n) is 4.79. The first kappa shape index (κ1) is 22.6. The number of aromatic nitrogens is 2. The highest BCUT2D eigenvalue weighted by molar-refractivity contribution is 7.89. The van der Waals surface area contributed by atoms with Crippen molar-refractivity contribution in [3.05, 3.63) is 18.2 Å². The molecule has 1 aromatic carbocycles. The van der Waals surface area contributed by atoms with E-state index in [2.05, 4.69) is 25.9 Å². The molecule has 4 rings (SSSR count). The van der Waals surface area contributed by atoms with E-state index < -0.39 is 10.0 Å². The fraction of sp³-hybridized carbons (Fsp3) is 0.667. The molecule has 10 heteroatoms. The predicted molar refractivity (Wildman–Crippen MR) is 121 cm³/mol. The third-order valence-electron chi connectivity index (χ3n) is 6.54. The Bertz CT molecular complexity index is 1010. The molecule has 2 fully saturated rings. The van der Waals surface area contributed by atoms with E-state index in [1.54, 1.807) is 18.2 Å². The van der Waals surface area contributed by atoms with Gasteiger partial charge in [0.25, 0.3) is 0 Å². The Labute approximate surface area is 188 Å². The van der Waals surface area contributed by atoms with Crippen LogP contribution in [0.1, 0.15) is 45.4 Å². The molecular formula is C21H31N5O3S2. The van der Waals surface area contributed by atoms with Crippen molar-refractivity contribution in [3.63, 3.8) is 0 Å². The van der Waals surface area contributed by atoms with Gasteiger partial charge in [-0.25, -0.2) is 8.42 Å². The SMILES string of the molecule is CC[C@H]1CCCCN1CCNC(=O)[C@@H]1CCCN(S(=O)(=O)c2cccc3nsnc23)C1. The number of rotatable bonds is 7. The van der Waals surface area contributed by atoms with Crippen LogP contribution in [0.2, 0.25) is 0 Å². The van der Waals surface area contributed by atoms with Gasteiger partial charge in [0.1, 0.15) is 15.9 Å². The standard InChI is InChI=1S/C21H31N5O3S2/c1-2-17-8-3-4-12-25(17)14-11-22-21(27)16-7-6-13-26(15-16)31(28,29)19-10-5-9-18-20(19)24-30-23-18/h5,9-10,16-17H,2-4,6-8,11-15H2,1H3,(H,22,27)/t16-,17+/m1/s1. The molecule has 0 aliphatic carbocycles. The van der Waals surface area contributed by atoms with Crippen molar-refractivity contribution in [1.82, 2.24) is 23.3 Å². The summed E-state index contributed by atoms with van der Waals surface area (Å²) in [6.07, 6.45) is 6.28. The number of hydrogen-bond acceptors (Lipinski definition) is 7. The van der Waals surface area contributed by atoms with E-state index in [1.165, 1.54) is 23.6 Å². The van der Waals surface area contributed by atoms with Crippen LogP contribution in [0.5, 0.6) is 0 Å². The molecule has 2 saturated heterocycles. The van der Waals surface area contributed by atoms with Crippen LogP contribution < -0.4 is 5.32 Å². The van der Waals surface area contributed by atoms with Gasteiger partial charge in [0.2, 0.25) is 15.9 Å². The first-order valence-electron chi connectivity index (χ1n) is 11.2. The molecular weight excluding hydrogens is 434 g/mol. The van der Waals surface area contributed by atoms with Crippen molar-refractivity contribution in [2.24, 2.45) is 5.92 Å². The maximum atomic E-state index is 13.3. The summed E-state index contributed by atoms with van der Waals surface area (Å²) in [5.41, 5.74) is 0.992. The lowest BCUT2D eigenvalue weighted by Crippen LogP contribution is -2.47. The topological polar surface area (TPSA) is 95.5 Å². The second kappa shape index (κ2) is 9.89. The largest absolute Gasteiger partial charge is 0.355 e. The molecule has 0 spiro atoms. The molecule has 170 valence electrons. The van der Waals surface area contributed by atoms with Crippen LogP contribution in [0.4, 0.5) is 0 Å². The molecule has 0 radical (unpaired) electrons. The van der Waals surface area contributed by atoms with E-state index in [4.69, 9.17) is 0 Å². The lowest BCUT2D eigenvalue weighted by Gasteiger charge is -2.35. The van der Waals surface area contributed by atoms with Crippen LogP contribution in [0.3, 0.4) is 0 Å². The number of carbonyl (C=O) groups is 1. The molecule has 3 heterocycles. The van der Waals surface area contributed by atoms with Gasteiger partial charge in [-0.15, -0.1) is 0 Å². The summed E-state index contributed by atoms with van der Waals surface area (Å²) < 4.78 is 36.3. The van der Waals surface area contributed by atoms with Crippen LogP contribution in [-0.4, -0.2) is 71.0 Å². The van der Waals surface area contributed by atoms with E-state index >= 15 is 0 Å². The Morgan fingerprint density at radius 2 is 2.06 bits per heavy atom. The third kappa shape index (κ3) is 4.92. The number of amides is 1. The predicted octanol–water partition coefficient (Wildman–Crippen LogP) is 2.47. The summed E-state index contributed by atoms with van der Waals surface area (Å²) in [6, 6.07) is 5.64. The van der Waals surface area contributed by atoms with Crippen LogP contribution >= 0.6 is 11.7 Å². The summed E-state index contributed by atoms with van der Waals surface area (Å²) in [7, 11) is -3.72. The van der Waals surface area contributed by atoms with E-state index in [-0.39, 0.29) is 23.3 Å². The van der Waals surface area contributed by atoms with E-state index in [0.29, 0.717) is 43.0 Å². The fourth-order valence-corrected chi connectivity index (χ4v) is 7.06. The van der Waals surface area contributed by atoms with Crippen molar-refractivity contribution in [2.45, 2.75) is 56.4 Å². The van der Waals surface area contributed by atoms with Crippen LogP contribution in [-0.2, 0) is 14.8 Å². The number of sulfonamides is 1. The van der Waals surface area contributed by atoms with Gasteiger partial charge >= 0.3 is 0 Å². The van der Waals surface area contributed by atoms with Gasteiger partial charge in [-0.05, 0) is 50.8 Å². The minimum Gasteiger partial charge on any atom is -0.355 e. The zero-order chi connectivity index (χ0) is 21.8. The normalized spacial score (nSPS) is 23.8. The average Bonchev–Trinajstić information content (AvgIpc) is 3.28. The molecule has 1 amide bonds. The summed E-state index contributed by atoms with van der Waals surface area (Å²) in [5.74, 6) is -0.363. The van der Waals surface area contributed by atoms with E-state index in [9.17, 15) is 13.2 Å². The number of fused-ring (bicyclic) bond motifs is 1. The Kier molecular flexibility index (Phi) is 7.20. The molecule has 8 nitrogen and oxygen atoms in total. The smallest absolute Gasteiger partial charge is 0.245 e. The van der Waals surface area contributed by atoms with Gasteiger partial charge in [0.15, 0.2) is 0 Å². The Morgan fingerprint density at radius 3 is 2.90 bits per heavy atom. The van der Waals surface area contributed by atoms with Gasteiger partial charge in [-0.3, -0.25) is 9.69 Å². The number of piperidine rings is 2. The number of hydrogen-bond donors (Lipinski definition) is 1. The van der Waals surface area contributed by atoms with Crippen molar-refractivity contribution >= 4 is 38.7 Å². The summed E-state index contributed by atoms with van der Waals surface area (Å²) >= 11 is 1.01. The molecule has 2 aliphatic rings. The van der Waals surface area contributed by atoms with Crippen LogP contribution in [0.25, 0.3) is 11.0 Å². The first-order valence-corrected chi connectivity index (χ1v) is 13.4. The Balaban J connectivity index is 1.36. The number of carbonyl (C=O) groups excluding carboxylic acids is 1. The lowest BCUT2D eigenvalue weighted by atomic mass is 9.98. The second-order valence-corrected chi connectivity index (χ2v) is 10.9. The van der Waals surface area contributed by atoms with Crippen LogP contribution in [0.15, 0.2) is 23.1 Å². The average molecular weight is 466 g/mol. The summed E-state index contributed by atoms with van der Waals surface area (Å²) in [4.78, 5) is 15.5. The minimum atomic E-state index is -3.72. The molecule has 0 unspecified atom stereocenters. The van der Waals surface area contributed by atoms with Gasteiger partial charge in [-0.1, -0.05) is 19.4 Å². The van der Waals surface area contributed by atoms with Crippen LogP contribution in [0, 0.1) is 5.92 Å². The Hall–Kier alpha value is -1.62. The molecule has 0 bridgehead atoms. The number of nitrogens with zero attached hydrogens (tertiary/aromatic N) is 4. The highest BCUT2D eigenvalue weighted by Crippen LogP contribution is 2.28. The highest BCUT2D eigenvalue weighted by Gasteiger charge is 2.34. The third-order valence-corrected chi connectivity index (χ3v) is 8.98. The highest BCUT2D eigenvalue weighted by atomic mass is 32.2. The number of benzene rings is 1. The van der Waals surface area contributed by atoms with Gasteiger partial charge in [-0.2, -0.15) is 13.1 Å². The summed E-state index contributed by atoms with van der Waals surface area (Å²) in [6.45, 7) is 5.43. The summed E-state index contributed by atoms with van der Waals surface area (Å²) in [5, 5.41) is 3.06. The minimum absolute atomic E-state index is 0.0431. The van der Waals surface area contributed by atoms with Crippen molar-refractivity contribution in [2.75, 3.05) is 32.7 Å². The molecule has 2 atom stereocenters. The molecule has 2 aliphatic heterocycles. The quantitative estimate of drug-likeness (QED) is 0.675. The first-order chi connectivity index (χ1) is 15.0. The molecule has 31 heavy (non-hydrogen) atoms. The van der Waals surface area contributed by atoms with E-state index in [0.717, 1.165) is 31.2 Å². The second-order valence-electron chi connectivity index (χ2n) is 8.48. The van der Waals surface area contributed by atoms with E-state index in [1.807, 2.05) is 0 Å². The van der Waals surface area contributed by atoms with Gasteiger partial charge in [0, 0.05) is 32.2 Å².